The van der Waals surface area contributed by atoms with E-state index in [1.165, 1.54) is 0 Å². The highest BCUT2D eigenvalue weighted by Gasteiger charge is 2.19. The third kappa shape index (κ3) is 4.04. The van der Waals surface area contributed by atoms with Gasteiger partial charge in [0.05, 0.1) is 19.9 Å². The van der Waals surface area contributed by atoms with Crippen LogP contribution in [0.15, 0.2) is 24.3 Å². The van der Waals surface area contributed by atoms with Gasteiger partial charge in [-0.3, -0.25) is 4.57 Å². The first-order valence-corrected chi connectivity index (χ1v) is 6.43. The van der Waals surface area contributed by atoms with E-state index in [2.05, 4.69) is 0 Å². The molecule has 0 bridgehead atoms. The molecule has 0 aromatic heterocycles. The van der Waals surface area contributed by atoms with Crippen molar-refractivity contribution < 1.29 is 18.7 Å². The van der Waals surface area contributed by atoms with Crippen molar-refractivity contribution >= 4 is 7.60 Å². The van der Waals surface area contributed by atoms with Crippen molar-refractivity contribution in [2.75, 3.05) is 13.7 Å². The first kappa shape index (κ1) is 12.2. The monoisotopic (exact) mass is 230 g/mol. The molecule has 1 unspecified atom stereocenters. The molecular formula is C10H15O4P. The largest absolute Gasteiger partial charge is 0.497 e. The van der Waals surface area contributed by atoms with Crippen LogP contribution >= 0.6 is 7.60 Å². The number of methoxy groups -OCH3 is 1. The van der Waals surface area contributed by atoms with Gasteiger partial charge in [0.15, 0.2) is 0 Å². The summed E-state index contributed by atoms with van der Waals surface area (Å²) in [5.74, 6) is 0.670. The summed E-state index contributed by atoms with van der Waals surface area (Å²) in [6.07, 6.45) is 0.0119. The molecule has 15 heavy (non-hydrogen) atoms. The summed E-state index contributed by atoms with van der Waals surface area (Å²) in [7, 11) is -1.94. The number of rotatable bonds is 5. The number of benzene rings is 1. The Bertz CT molecular complexity index is 364. The molecule has 0 aliphatic rings. The van der Waals surface area contributed by atoms with Gasteiger partial charge in [-0.1, -0.05) is 12.1 Å². The van der Waals surface area contributed by atoms with E-state index in [1.54, 1.807) is 38.3 Å². The Kier molecular flexibility index (Phi) is 4.33. The highest BCUT2D eigenvalue weighted by Crippen LogP contribution is 2.45. The predicted molar refractivity (Wildman–Crippen MR) is 58.1 cm³/mol. The van der Waals surface area contributed by atoms with Gasteiger partial charge in [-0.05, 0) is 24.6 Å². The van der Waals surface area contributed by atoms with Crippen molar-refractivity contribution in [3.8, 4) is 5.75 Å². The van der Waals surface area contributed by atoms with Crippen molar-refractivity contribution in [1.82, 2.24) is 0 Å². The normalized spacial score (nSPS) is 14.6. The van der Waals surface area contributed by atoms with Crippen LogP contribution in [0.3, 0.4) is 0 Å². The Balaban J connectivity index is 2.75. The lowest BCUT2D eigenvalue weighted by Crippen LogP contribution is -1.94. The van der Waals surface area contributed by atoms with Crippen LogP contribution in [-0.4, -0.2) is 18.6 Å². The van der Waals surface area contributed by atoms with Gasteiger partial charge in [-0.2, -0.15) is 0 Å². The van der Waals surface area contributed by atoms with Gasteiger partial charge in [0.2, 0.25) is 0 Å². The minimum atomic E-state index is -3.50. The Labute approximate surface area is 89.4 Å². The first-order chi connectivity index (χ1) is 7.07. The van der Waals surface area contributed by atoms with Crippen LogP contribution in [0.25, 0.3) is 0 Å². The van der Waals surface area contributed by atoms with E-state index in [1.807, 2.05) is 0 Å². The average Bonchev–Trinajstić information content (AvgIpc) is 2.17. The molecule has 84 valence electrons. The molecular weight excluding hydrogens is 215 g/mol. The fourth-order valence-electron chi connectivity index (χ4n) is 1.25. The van der Waals surface area contributed by atoms with E-state index < -0.39 is 7.60 Å². The standard InChI is InChI=1S/C10H15O4P/c1-3-14-15(11,12)8-9-5-4-6-10(7-9)13-2/h4-7H,3,8H2,1-2H3,(H,11,12). The second-order valence-electron chi connectivity index (χ2n) is 3.06. The molecule has 0 aliphatic carbocycles. The second-order valence-corrected chi connectivity index (χ2v) is 4.91. The number of ether oxygens (including phenoxy) is 1. The Morgan fingerprint density at radius 1 is 1.47 bits per heavy atom. The SMILES string of the molecule is CCOP(=O)(O)Cc1cccc(OC)c1. The molecule has 1 N–H and O–H groups in total. The summed E-state index contributed by atoms with van der Waals surface area (Å²) < 4.78 is 21.3. The van der Waals surface area contributed by atoms with Gasteiger partial charge in [-0.15, -0.1) is 0 Å². The van der Waals surface area contributed by atoms with Gasteiger partial charge in [0.1, 0.15) is 5.75 Å². The maximum atomic E-state index is 11.5. The van der Waals surface area contributed by atoms with Gasteiger partial charge in [0.25, 0.3) is 0 Å². The summed E-state index contributed by atoms with van der Waals surface area (Å²) in [5.41, 5.74) is 0.730. The van der Waals surface area contributed by atoms with Crippen LogP contribution in [0.5, 0.6) is 5.75 Å². The van der Waals surface area contributed by atoms with Crippen LogP contribution in [-0.2, 0) is 15.3 Å². The van der Waals surface area contributed by atoms with Gasteiger partial charge in [0, 0.05) is 0 Å². The van der Waals surface area contributed by atoms with Crippen LogP contribution in [0.4, 0.5) is 0 Å². The minimum Gasteiger partial charge on any atom is -0.497 e. The Morgan fingerprint density at radius 2 is 2.20 bits per heavy atom. The molecule has 1 aromatic carbocycles. The zero-order chi connectivity index (χ0) is 11.3. The third-order valence-electron chi connectivity index (χ3n) is 1.85. The van der Waals surface area contributed by atoms with Crippen molar-refractivity contribution in [2.45, 2.75) is 13.1 Å². The summed E-state index contributed by atoms with van der Waals surface area (Å²) in [6.45, 7) is 1.92. The van der Waals surface area contributed by atoms with E-state index in [0.29, 0.717) is 5.75 Å². The van der Waals surface area contributed by atoms with Crippen LogP contribution < -0.4 is 4.74 Å². The van der Waals surface area contributed by atoms with E-state index in [9.17, 15) is 9.46 Å². The van der Waals surface area contributed by atoms with Crippen molar-refractivity contribution in [3.63, 3.8) is 0 Å². The van der Waals surface area contributed by atoms with Crippen LogP contribution in [0.2, 0.25) is 0 Å². The Hall–Kier alpha value is -0.830. The molecule has 0 radical (unpaired) electrons. The lowest BCUT2D eigenvalue weighted by atomic mass is 10.2. The van der Waals surface area contributed by atoms with Crippen molar-refractivity contribution in [2.24, 2.45) is 0 Å². The lowest BCUT2D eigenvalue weighted by molar-refractivity contribution is 0.272. The second kappa shape index (κ2) is 5.31. The van der Waals surface area contributed by atoms with Gasteiger partial charge < -0.3 is 14.2 Å². The molecule has 1 aromatic rings. The van der Waals surface area contributed by atoms with E-state index >= 15 is 0 Å². The minimum absolute atomic E-state index is 0.0119. The number of hydrogen-bond acceptors (Lipinski definition) is 3. The smallest absolute Gasteiger partial charge is 0.332 e. The summed E-state index contributed by atoms with van der Waals surface area (Å²) in [5, 5.41) is 0. The summed E-state index contributed by atoms with van der Waals surface area (Å²) in [6, 6.07) is 7.05. The molecule has 0 aliphatic heterocycles. The zero-order valence-electron chi connectivity index (χ0n) is 8.84. The molecule has 5 heteroatoms. The molecule has 0 saturated heterocycles. The molecule has 0 spiro atoms. The van der Waals surface area contributed by atoms with Crippen molar-refractivity contribution in [3.05, 3.63) is 29.8 Å². The van der Waals surface area contributed by atoms with E-state index in [4.69, 9.17) is 9.26 Å². The molecule has 0 amide bonds. The predicted octanol–water partition coefficient (Wildman–Crippen LogP) is 2.42. The maximum Gasteiger partial charge on any atom is 0.332 e. The first-order valence-electron chi connectivity index (χ1n) is 4.66. The van der Waals surface area contributed by atoms with Crippen LogP contribution in [0, 0.1) is 0 Å². The van der Waals surface area contributed by atoms with Crippen LogP contribution in [0.1, 0.15) is 12.5 Å². The van der Waals surface area contributed by atoms with Gasteiger partial charge >= 0.3 is 7.60 Å². The Morgan fingerprint density at radius 3 is 2.80 bits per heavy atom. The van der Waals surface area contributed by atoms with Gasteiger partial charge in [-0.25, -0.2) is 0 Å². The lowest BCUT2D eigenvalue weighted by Gasteiger charge is -2.11. The average molecular weight is 230 g/mol. The highest BCUT2D eigenvalue weighted by atomic mass is 31.2. The maximum absolute atomic E-state index is 11.5. The third-order valence-corrected chi connectivity index (χ3v) is 3.27. The van der Waals surface area contributed by atoms with E-state index in [0.717, 1.165) is 5.56 Å². The molecule has 1 rings (SSSR count). The topological polar surface area (TPSA) is 55.8 Å². The molecule has 0 heterocycles. The summed E-state index contributed by atoms with van der Waals surface area (Å²) in [4.78, 5) is 9.42. The van der Waals surface area contributed by atoms with E-state index in [-0.39, 0.29) is 12.8 Å². The quantitative estimate of drug-likeness (QED) is 0.789. The molecule has 4 nitrogen and oxygen atoms in total. The van der Waals surface area contributed by atoms with Crippen molar-refractivity contribution in [1.29, 1.82) is 0 Å². The fourth-order valence-corrected chi connectivity index (χ4v) is 2.40. The molecule has 0 fully saturated rings. The highest BCUT2D eigenvalue weighted by molar-refractivity contribution is 7.51. The zero-order valence-corrected chi connectivity index (χ0v) is 9.74. The number of hydrogen-bond donors (Lipinski definition) is 1. The molecule has 0 saturated carbocycles. The molecule has 1 atom stereocenters. The summed E-state index contributed by atoms with van der Waals surface area (Å²) >= 11 is 0. The fraction of sp³-hybridized carbons (Fsp3) is 0.400.